The molecule has 3 rings (SSSR count). The molecule has 0 saturated carbocycles. The molecule has 1 heterocycles. The highest BCUT2D eigenvalue weighted by atomic mass is 32.9. The molecule has 1 aromatic heterocycles. The van der Waals surface area contributed by atoms with E-state index < -0.39 is 15.9 Å². The first kappa shape index (κ1) is 17.5. The second-order valence-electron chi connectivity index (χ2n) is 5.15. The van der Waals surface area contributed by atoms with Crippen LogP contribution in [-0.4, -0.2) is 14.3 Å². The van der Waals surface area contributed by atoms with Crippen LogP contribution in [0.15, 0.2) is 69.9 Å². The Bertz CT molecular complexity index is 1050. The van der Waals surface area contributed by atoms with Gasteiger partial charge >= 0.3 is 0 Å². The van der Waals surface area contributed by atoms with E-state index in [-0.39, 0.29) is 4.90 Å². The van der Waals surface area contributed by atoms with Gasteiger partial charge in [0.05, 0.1) is 10.6 Å². The summed E-state index contributed by atoms with van der Waals surface area (Å²) in [4.78, 5) is 15.6. The van der Waals surface area contributed by atoms with Gasteiger partial charge in [0.1, 0.15) is 4.67 Å². The van der Waals surface area contributed by atoms with Crippen molar-refractivity contribution in [2.24, 2.45) is 4.99 Å². The Kier molecular flexibility index (Phi) is 5.12. The van der Waals surface area contributed by atoms with Gasteiger partial charge in [0.15, 0.2) is 0 Å². The highest BCUT2D eigenvalue weighted by molar-refractivity contribution is 7.90. The SMILES string of the molecule is CC(=O)NS(=O)(=O)c1ccc(N=c2sscc2-c2ccccc2)cc1. The third kappa shape index (κ3) is 4.22. The van der Waals surface area contributed by atoms with Crippen LogP contribution in [0.1, 0.15) is 6.92 Å². The molecule has 1 N–H and O–H groups in total. The molecule has 128 valence electrons. The Morgan fingerprint density at radius 3 is 2.36 bits per heavy atom. The lowest BCUT2D eigenvalue weighted by Crippen LogP contribution is -2.28. The van der Waals surface area contributed by atoms with Crippen LogP contribution in [0.5, 0.6) is 0 Å². The molecule has 1 amide bonds. The lowest BCUT2D eigenvalue weighted by atomic mass is 10.1. The molecule has 0 aliphatic carbocycles. The first-order valence-corrected chi connectivity index (χ1v) is 11.0. The number of nitrogens with zero attached hydrogens (tertiary/aromatic N) is 1. The molecular weight excluding hydrogens is 376 g/mol. The summed E-state index contributed by atoms with van der Waals surface area (Å²) in [5, 5.41) is 2.05. The molecule has 0 aliphatic heterocycles. The third-order valence-corrected chi connectivity index (χ3v) is 6.66. The Hall–Kier alpha value is -2.29. The van der Waals surface area contributed by atoms with Crippen LogP contribution < -0.4 is 9.39 Å². The van der Waals surface area contributed by atoms with Gasteiger partial charge in [-0.05, 0) is 29.8 Å². The number of benzene rings is 2. The van der Waals surface area contributed by atoms with Crippen molar-refractivity contribution in [2.75, 3.05) is 0 Å². The summed E-state index contributed by atoms with van der Waals surface area (Å²) < 4.78 is 26.7. The number of rotatable bonds is 4. The van der Waals surface area contributed by atoms with Crippen LogP contribution in [0.4, 0.5) is 5.69 Å². The van der Waals surface area contributed by atoms with Gasteiger partial charge < -0.3 is 0 Å². The van der Waals surface area contributed by atoms with Crippen molar-refractivity contribution in [3.63, 3.8) is 0 Å². The van der Waals surface area contributed by atoms with E-state index in [0.29, 0.717) is 5.69 Å². The van der Waals surface area contributed by atoms with Crippen molar-refractivity contribution in [3.8, 4) is 11.1 Å². The standard InChI is InChI=1S/C17H14N2O3S3/c1-12(20)19-25(21,22)15-9-7-14(8-10-15)18-17-16(11-23-24-17)13-5-3-2-4-6-13/h2-11H,1H3,(H,19,20). The van der Waals surface area contributed by atoms with Gasteiger partial charge in [0.25, 0.3) is 10.0 Å². The Morgan fingerprint density at radius 1 is 1.04 bits per heavy atom. The molecule has 0 aliphatic rings. The second kappa shape index (κ2) is 7.30. The van der Waals surface area contributed by atoms with Crippen LogP contribution in [0.2, 0.25) is 0 Å². The molecule has 3 aromatic rings. The fourth-order valence-corrected chi connectivity index (χ4v) is 5.21. The molecule has 0 radical (unpaired) electrons. The molecular formula is C17H14N2O3S3. The lowest BCUT2D eigenvalue weighted by molar-refractivity contribution is -0.117. The maximum atomic E-state index is 12.0. The van der Waals surface area contributed by atoms with E-state index in [1.807, 2.05) is 35.1 Å². The topological polar surface area (TPSA) is 75.6 Å². The molecule has 2 aromatic carbocycles. The van der Waals surface area contributed by atoms with Crippen LogP contribution in [0, 0.1) is 0 Å². The highest BCUT2D eigenvalue weighted by Gasteiger charge is 2.14. The summed E-state index contributed by atoms with van der Waals surface area (Å²) in [7, 11) is -0.670. The fourth-order valence-electron chi connectivity index (χ4n) is 2.17. The number of carbonyl (C=O) groups excluding carboxylic acids is 1. The molecule has 0 fully saturated rings. The Morgan fingerprint density at radius 2 is 1.72 bits per heavy atom. The number of carbonyl (C=O) groups is 1. The minimum Gasteiger partial charge on any atom is -0.274 e. The van der Waals surface area contributed by atoms with E-state index in [1.165, 1.54) is 12.1 Å². The molecule has 0 bridgehead atoms. The zero-order valence-corrected chi connectivity index (χ0v) is 15.6. The molecule has 0 unspecified atom stereocenters. The molecule has 8 heteroatoms. The van der Waals surface area contributed by atoms with Crippen LogP contribution in [0.25, 0.3) is 11.1 Å². The summed E-state index contributed by atoms with van der Waals surface area (Å²) in [6.45, 7) is 1.16. The van der Waals surface area contributed by atoms with Crippen LogP contribution >= 0.6 is 20.7 Å². The predicted molar refractivity (Wildman–Crippen MR) is 100 cm³/mol. The van der Waals surface area contributed by atoms with Gasteiger partial charge in [-0.15, -0.1) is 0 Å². The summed E-state index contributed by atoms with van der Waals surface area (Å²) in [5.74, 6) is -0.624. The Labute approximate surface area is 152 Å². The normalized spacial score (nSPS) is 12.1. The van der Waals surface area contributed by atoms with Crippen LogP contribution in [0.3, 0.4) is 0 Å². The van der Waals surface area contributed by atoms with E-state index in [1.54, 1.807) is 32.8 Å². The van der Waals surface area contributed by atoms with Gasteiger partial charge in [-0.3, -0.25) is 4.79 Å². The minimum atomic E-state index is -3.83. The first-order valence-electron chi connectivity index (χ1n) is 7.27. The third-order valence-electron chi connectivity index (χ3n) is 3.26. The average molecular weight is 391 g/mol. The number of hydrogen-bond donors (Lipinski definition) is 1. The van der Waals surface area contributed by atoms with Gasteiger partial charge in [-0.25, -0.2) is 18.1 Å². The fraction of sp³-hybridized carbons (Fsp3) is 0.0588. The van der Waals surface area contributed by atoms with Gasteiger partial charge in [0, 0.05) is 17.9 Å². The van der Waals surface area contributed by atoms with Crippen molar-refractivity contribution in [1.82, 2.24) is 4.72 Å². The molecule has 25 heavy (non-hydrogen) atoms. The molecule has 5 nitrogen and oxygen atoms in total. The molecule has 0 atom stereocenters. The zero-order valence-electron chi connectivity index (χ0n) is 13.2. The van der Waals surface area contributed by atoms with E-state index in [9.17, 15) is 13.2 Å². The maximum Gasteiger partial charge on any atom is 0.264 e. The summed E-state index contributed by atoms with van der Waals surface area (Å²) in [6, 6.07) is 16.1. The predicted octanol–water partition coefficient (Wildman–Crippen LogP) is 3.53. The number of amides is 1. The maximum absolute atomic E-state index is 12.0. The zero-order chi connectivity index (χ0) is 17.9. The van der Waals surface area contributed by atoms with Crippen molar-refractivity contribution < 1.29 is 13.2 Å². The van der Waals surface area contributed by atoms with Crippen molar-refractivity contribution >= 4 is 42.3 Å². The van der Waals surface area contributed by atoms with Gasteiger partial charge in [0.2, 0.25) is 5.91 Å². The largest absolute Gasteiger partial charge is 0.274 e. The Balaban J connectivity index is 1.94. The second-order valence-corrected chi connectivity index (χ2v) is 8.89. The summed E-state index contributed by atoms with van der Waals surface area (Å²) >= 11 is 0. The van der Waals surface area contributed by atoms with Crippen molar-refractivity contribution in [2.45, 2.75) is 11.8 Å². The van der Waals surface area contributed by atoms with Gasteiger partial charge in [-0.1, -0.05) is 51.0 Å². The lowest BCUT2D eigenvalue weighted by Gasteiger charge is -2.04. The van der Waals surface area contributed by atoms with Crippen molar-refractivity contribution in [3.05, 3.63) is 64.6 Å². The summed E-state index contributed by atoms with van der Waals surface area (Å²) in [6.07, 6.45) is 0. The molecule has 0 spiro atoms. The van der Waals surface area contributed by atoms with Gasteiger partial charge in [-0.2, -0.15) is 0 Å². The summed E-state index contributed by atoms with van der Waals surface area (Å²) in [5.41, 5.74) is 2.78. The highest BCUT2D eigenvalue weighted by Crippen LogP contribution is 2.22. The average Bonchev–Trinajstić information content (AvgIpc) is 3.03. The van der Waals surface area contributed by atoms with Crippen molar-refractivity contribution in [1.29, 1.82) is 0 Å². The van der Waals surface area contributed by atoms with E-state index in [2.05, 4.69) is 10.4 Å². The van der Waals surface area contributed by atoms with E-state index in [0.717, 1.165) is 22.7 Å². The van der Waals surface area contributed by atoms with E-state index >= 15 is 0 Å². The molecule has 0 saturated heterocycles. The minimum absolute atomic E-state index is 0.0268. The quantitative estimate of drug-likeness (QED) is 0.693. The number of sulfonamides is 1. The number of hydrogen-bond acceptors (Lipinski definition) is 6. The van der Waals surface area contributed by atoms with E-state index in [4.69, 9.17) is 0 Å². The van der Waals surface area contributed by atoms with Crippen LogP contribution in [-0.2, 0) is 14.8 Å². The first-order chi connectivity index (χ1) is 12.0. The number of nitrogens with one attached hydrogen (secondary N) is 1. The smallest absolute Gasteiger partial charge is 0.264 e. The monoisotopic (exact) mass is 390 g/mol.